The van der Waals surface area contributed by atoms with Crippen molar-refractivity contribution in [1.82, 2.24) is 10.6 Å². The third-order valence-electron chi connectivity index (χ3n) is 9.04. The fourth-order valence-electron chi connectivity index (χ4n) is 6.50. The zero-order chi connectivity index (χ0) is 33.6. The molecule has 10 nitrogen and oxygen atoms in total. The Morgan fingerprint density at radius 3 is 1.33 bits per heavy atom. The lowest BCUT2D eigenvalue weighted by molar-refractivity contribution is -0.171. The molecule has 0 aliphatic heterocycles. The van der Waals surface area contributed by atoms with Crippen LogP contribution in [-0.2, 0) is 45.1 Å². The summed E-state index contributed by atoms with van der Waals surface area (Å²) in [6, 6.07) is 31.2. The molecule has 0 aromatic heterocycles. The van der Waals surface area contributed by atoms with Crippen LogP contribution in [0, 0.1) is 0 Å². The second-order valence-electron chi connectivity index (χ2n) is 12.3. The summed E-state index contributed by atoms with van der Waals surface area (Å²) in [6.45, 7) is -0.168. The van der Waals surface area contributed by atoms with E-state index in [0.717, 1.165) is 22.3 Å². The van der Waals surface area contributed by atoms with E-state index in [1.54, 1.807) is 48.5 Å². The summed E-state index contributed by atoms with van der Waals surface area (Å²) in [6.07, 6.45) is -8.32. The molecule has 4 aromatic rings. The molecule has 0 heterocycles. The van der Waals surface area contributed by atoms with Crippen LogP contribution in [0.2, 0.25) is 0 Å². The van der Waals surface area contributed by atoms with Crippen molar-refractivity contribution in [3.8, 4) is 0 Å². The monoisotopic (exact) mass is 652 g/mol. The van der Waals surface area contributed by atoms with E-state index in [0.29, 0.717) is 24.0 Å². The van der Waals surface area contributed by atoms with E-state index >= 15 is 0 Å². The first-order valence-electron chi connectivity index (χ1n) is 16.1. The van der Waals surface area contributed by atoms with Gasteiger partial charge in [0, 0.05) is 12.8 Å². The van der Waals surface area contributed by atoms with Crippen molar-refractivity contribution < 1.29 is 39.5 Å². The lowest BCUT2D eigenvalue weighted by Crippen LogP contribution is -2.57. The highest BCUT2D eigenvalue weighted by atomic mass is 16.5. The Balaban J connectivity index is 1.25. The third-order valence-corrected chi connectivity index (χ3v) is 9.04. The van der Waals surface area contributed by atoms with Gasteiger partial charge in [-0.1, -0.05) is 109 Å². The maximum absolute atomic E-state index is 13.9. The molecule has 6 rings (SSSR count). The van der Waals surface area contributed by atoms with Crippen molar-refractivity contribution in [1.29, 1.82) is 0 Å². The van der Waals surface area contributed by atoms with E-state index in [2.05, 4.69) is 10.6 Å². The highest BCUT2D eigenvalue weighted by Gasteiger charge is 2.44. The number of amides is 2. The summed E-state index contributed by atoms with van der Waals surface area (Å²) in [7, 11) is 0. The Labute approximate surface area is 279 Å². The SMILES string of the molecule is O=C(N[C@@H]1c2ccccc2C[C@@H]1O)[C@H](OCc1ccccc1)[C@H](O)[C@@H](O)[C@@H](OCc1ccccc1)C(=O)N[C@@H]1c2ccccc2C[C@@H]1O. The minimum absolute atomic E-state index is 0.0840. The van der Waals surface area contributed by atoms with Gasteiger partial charge in [0.05, 0.1) is 37.5 Å². The fraction of sp³-hybridized carbons (Fsp3) is 0.316. The highest BCUT2D eigenvalue weighted by Crippen LogP contribution is 2.33. The molecule has 0 spiro atoms. The number of rotatable bonds is 13. The maximum atomic E-state index is 13.9. The average molecular weight is 653 g/mol. The fourth-order valence-corrected chi connectivity index (χ4v) is 6.50. The van der Waals surface area contributed by atoms with Gasteiger partial charge in [-0.2, -0.15) is 0 Å². The number of benzene rings is 4. The van der Waals surface area contributed by atoms with Gasteiger partial charge in [0.15, 0.2) is 12.2 Å². The van der Waals surface area contributed by atoms with Crippen LogP contribution < -0.4 is 10.6 Å². The summed E-state index contributed by atoms with van der Waals surface area (Å²) in [5.74, 6) is -1.55. The van der Waals surface area contributed by atoms with Crippen molar-refractivity contribution in [3.63, 3.8) is 0 Å². The topological polar surface area (TPSA) is 158 Å². The summed E-state index contributed by atoms with van der Waals surface area (Å²) in [5, 5.41) is 50.5. The van der Waals surface area contributed by atoms with E-state index in [9.17, 15) is 30.0 Å². The van der Waals surface area contributed by atoms with Crippen LogP contribution in [0.4, 0.5) is 0 Å². The number of hydrogen-bond donors (Lipinski definition) is 6. The van der Waals surface area contributed by atoms with E-state index in [1.807, 2.05) is 60.7 Å². The number of hydrogen-bond acceptors (Lipinski definition) is 8. The first-order chi connectivity index (χ1) is 23.3. The second-order valence-corrected chi connectivity index (χ2v) is 12.3. The predicted molar refractivity (Wildman–Crippen MR) is 176 cm³/mol. The van der Waals surface area contributed by atoms with Gasteiger partial charge in [0.2, 0.25) is 0 Å². The molecule has 250 valence electrons. The first-order valence-corrected chi connectivity index (χ1v) is 16.1. The molecule has 10 heteroatoms. The Kier molecular flexibility index (Phi) is 10.6. The maximum Gasteiger partial charge on any atom is 0.252 e. The van der Waals surface area contributed by atoms with Gasteiger partial charge in [-0.15, -0.1) is 0 Å². The number of carbonyl (C=O) groups is 2. The van der Waals surface area contributed by atoms with Crippen molar-refractivity contribution >= 4 is 11.8 Å². The number of aliphatic hydroxyl groups excluding tert-OH is 4. The molecule has 0 bridgehead atoms. The largest absolute Gasteiger partial charge is 0.390 e. The summed E-state index contributed by atoms with van der Waals surface area (Å²) in [5.41, 5.74) is 4.69. The normalized spacial score (nSPS) is 22.2. The number of nitrogens with one attached hydrogen (secondary N) is 2. The summed E-state index contributed by atoms with van der Waals surface area (Å²) in [4.78, 5) is 27.7. The smallest absolute Gasteiger partial charge is 0.252 e. The number of aliphatic hydroxyl groups is 4. The van der Waals surface area contributed by atoms with Crippen LogP contribution in [-0.4, -0.2) is 68.9 Å². The van der Waals surface area contributed by atoms with Crippen molar-refractivity contribution in [2.75, 3.05) is 0 Å². The van der Waals surface area contributed by atoms with Crippen LogP contribution in [0.3, 0.4) is 0 Å². The molecular formula is C38H40N2O8. The summed E-state index contributed by atoms with van der Waals surface area (Å²) >= 11 is 0. The van der Waals surface area contributed by atoms with E-state index < -0.39 is 60.5 Å². The molecule has 0 unspecified atom stereocenters. The van der Waals surface area contributed by atoms with Gasteiger partial charge < -0.3 is 40.5 Å². The minimum Gasteiger partial charge on any atom is -0.390 e. The number of ether oxygens (including phenoxy) is 2. The molecule has 6 N–H and O–H groups in total. The zero-order valence-electron chi connectivity index (χ0n) is 26.3. The van der Waals surface area contributed by atoms with E-state index in [1.165, 1.54) is 0 Å². The van der Waals surface area contributed by atoms with Gasteiger partial charge in [-0.25, -0.2) is 0 Å². The summed E-state index contributed by atoms with van der Waals surface area (Å²) < 4.78 is 11.9. The molecule has 2 aliphatic rings. The van der Waals surface area contributed by atoms with Crippen LogP contribution in [0.25, 0.3) is 0 Å². The van der Waals surface area contributed by atoms with E-state index in [-0.39, 0.29) is 13.2 Å². The lowest BCUT2D eigenvalue weighted by Gasteiger charge is -2.32. The van der Waals surface area contributed by atoms with Gasteiger partial charge in [-0.05, 0) is 33.4 Å². The Morgan fingerprint density at radius 2 is 0.938 bits per heavy atom. The molecule has 2 aliphatic carbocycles. The second kappa shape index (κ2) is 15.2. The molecule has 4 aromatic carbocycles. The molecule has 0 radical (unpaired) electrons. The number of carbonyl (C=O) groups excluding carboxylic acids is 2. The highest BCUT2D eigenvalue weighted by molar-refractivity contribution is 5.84. The molecule has 0 saturated carbocycles. The van der Waals surface area contributed by atoms with Crippen LogP contribution in [0.1, 0.15) is 45.5 Å². The molecule has 8 atom stereocenters. The average Bonchev–Trinajstić information content (AvgIpc) is 3.59. The number of fused-ring (bicyclic) bond motifs is 2. The molecule has 2 amide bonds. The Morgan fingerprint density at radius 1 is 0.583 bits per heavy atom. The minimum atomic E-state index is -1.94. The predicted octanol–water partition coefficient (Wildman–Crippen LogP) is 2.43. The van der Waals surface area contributed by atoms with Crippen LogP contribution >= 0.6 is 0 Å². The van der Waals surface area contributed by atoms with E-state index in [4.69, 9.17) is 9.47 Å². The van der Waals surface area contributed by atoms with Gasteiger partial charge in [0.25, 0.3) is 11.8 Å². The van der Waals surface area contributed by atoms with Crippen LogP contribution in [0.5, 0.6) is 0 Å². The zero-order valence-corrected chi connectivity index (χ0v) is 26.3. The van der Waals surface area contributed by atoms with Crippen molar-refractivity contribution in [2.45, 2.75) is 74.8 Å². The Hall–Kier alpha value is -4.42. The Bertz CT molecular complexity index is 1560. The molecular weight excluding hydrogens is 612 g/mol. The third kappa shape index (κ3) is 7.50. The van der Waals surface area contributed by atoms with Crippen molar-refractivity contribution in [3.05, 3.63) is 143 Å². The van der Waals surface area contributed by atoms with Crippen LogP contribution in [0.15, 0.2) is 109 Å². The van der Waals surface area contributed by atoms with Gasteiger partial charge in [0.1, 0.15) is 12.2 Å². The molecule has 0 fully saturated rings. The lowest BCUT2D eigenvalue weighted by atomic mass is 9.99. The quantitative estimate of drug-likeness (QED) is 0.129. The molecule has 0 saturated heterocycles. The molecule has 48 heavy (non-hydrogen) atoms. The van der Waals surface area contributed by atoms with Gasteiger partial charge >= 0.3 is 0 Å². The van der Waals surface area contributed by atoms with Gasteiger partial charge in [-0.3, -0.25) is 9.59 Å². The van der Waals surface area contributed by atoms with Crippen molar-refractivity contribution in [2.24, 2.45) is 0 Å². The standard InChI is InChI=1S/C38H40N2O8/c41-29-19-25-15-7-9-17-27(25)31(29)39-37(45)35(47-21-23-11-3-1-4-12-23)33(43)34(44)36(48-22-24-13-5-2-6-14-24)38(46)40-32-28-18-10-8-16-26(28)20-30(32)42/h1-18,29-36,41-44H,19-22H2,(H,39,45)(H,40,46)/t29-,30-,31+,32+,33+,34+,35+,36+/m0/s1. The first kappa shape index (κ1) is 33.5.